The summed E-state index contributed by atoms with van der Waals surface area (Å²) >= 11 is 0. The number of fused-ring (bicyclic) bond motifs is 1. The molecule has 1 saturated carbocycles. The van der Waals surface area contributed by atoms with Gasteiger partial charge in [-0.1, -0.05) is 13.3 Å². The van der Waals surface area contributed by atoms with E-state index in [1.165, 1.54) is 17.7 Å². The van der Waals surface area contributed by atoms with Gasteiger partial charge in [-0.05, 0) is 37.7 Å². The van der Waals surface area contributed by atoms with Crippen molar-refractivity contribution in [2.45, 2.75) is 52.0 Å². The fourth-order valence-electron chi connectivity index (χ4n) is 3.53. The van der Waals surface area contributed by atoms with Crippen LogP contribution in [0.2, 0.25) is 0 Å². The van der Waals surface area contributed by atoms with Gasteiger partial charge in [0.25, 0.3) is 5.56 Å². The van der Waals surface area contributed by atoms with Crippen LogP contribution in [0.1, 0.15) is 52.0 Å². The van der Waals surface area contributed by atoms with Gasteiger partial charge >= 0.3 is 5.69 Å². The number of carbonyl (C=O) groups excluding carboxylic acids is 1. The molecular formula is C17H22N4O3. The van der Waals surface area contributed by atoms with Crippen molar-refractivity contribution < 1.29 is 4.79 Å². The zero-order valence-corrected chi connectivity index (χ0v) is 14.0. The highest BCUT2D eigenvalue weighted by atomic mass is 16.2. The van der Waals surface area contributed by atoms with Crippen LogP contribution in [0.3, 0.4) is 0 Å². The number of pyridine rings is 1. The minimum atomic E-state index is -0.410. The smallest absolute Gasteiger partial charge is 0.325 e. The first-order valence-electron chi connectivity index (χ1n) is 8.41. The molecule has 0 unspecified atom stereocenters. The molecule has 2 N–H and O–H groups in total. The Balaban J connectivity index is 2.03. The Labute approximate surface area is 139 Å². The molecule has 7 nitrogen and oxygen atoms in total. The highest BCUT2D eigenvalue weighted by Crippen LogP contribution is 2.32. The van der Waals surface area contributed by atoms with Crippen molar-refractivity contribution in [1.82, 2.24) is 14.5 Å². The zero-order chi connectivity index (χ0) is 17.3. The van der Waals surface area contributed by atoms with E-state index in [-0.39, 0.29) is 23.2 Å². The Hall–Kier alpha value is -2.44. The van der Waals surface area contributed by atoms with Crippen LogP contribution in [0.15, 0.2) is 21.9 Å². The Bertz CT molecular complexity index is 876. The summed E-state index contributed by atoms with van der Waals surface area (Å²) in [5, 5.41) is 2.93. The van der Waals surface area contributed by atoms with E-state index >= 15 is 0 Å². The summed E-state index contributed by atoms with van der Waals surface area (Å²) < 4.78 is 1.33. The molecule has 1 aliphatic carbocycles. The molecule has 0 saturated heterocycles. The maximum atomic E-state index is 12.8. The normalized spacial score (nSPS) is 20.9. The first-order chi connectivity index (χ1) is 11.5. The van der Waals surface area contributed by atoms with Crippen LogP contribution in [0, 0.1) is 5.92 Å². The number of hydrogen-bond acceptors (Lipinski definition) is 4. The topological polar surface area (TPSA) is 96.8 Å². The fraction of sp³-hybridized carbons (Fsp3) is 0.529. The molecule has 1 amide bonds. The van der Waals surface area contributed by atoms with Gasteiger partial charge in [-0.2, -0.15) is 0 Å². The number of H-pyrrole nitrogens is 1. The summed E-state index contributed by atoms with van der Waals surface area (Å²) in [7, 11) is 0. The summed E-state index contributed by atoms with van der Waals surface area (Å²) in [4.78, 5) is 43.1. The van der Waals surface area contributed by atoms with E-state index in [0.717, 1.165) is 32.1 Å². The van der Waals surface area contributed by atoms with E-state index in [0.29, 0.717) is 17.0 Å². The third-order valence-electron chi connectivity index (χ3n) is 4.86. The summed E-state index contributed by atoms with van der Waals surface area (Å²) in [5.74, 6) is 0.448. The van der Waals surface area contributed by atoms with Gasteiger partial charge in [0, 0.05) is 13.0 Å². The average Bonchev–Trinajstić information content (AvgIpc) is 2.55. The molecular weight excluding hydrogens is 308 g/mol. The molecule has 2 heterocycles. The first kappa shape index (κ1) is 16.4. The van der Waals surface area contributed by atoms with Gasteiger partial charge < -0.3 is 5.32 Å². The summed E-state index contributed by atoms with van der Waals surface area (Å²) in [6.07, 6.45) is 6.32. The predicted molar refractivity (Wildman–Crippen MR) is 92.2 cm³/mol. The van der Waals surface area contributed by atoms with Crippen LogP contribution in [-0.4, -0.2) is 20.4 Å². The van der Waals surface area contributed by atoms with E-state index < -0.39 is 5.69 Å². The lowest BCUT2D eigenvalue weighted by atomic mass is 9.84. The van der Waals surface area contributed by atoms with Crippen molar-refractivity contribution in [2.75, 3.05) is 5.32 Å². The molecule has 0 bridgehead atoms. The van der Waals surface area contributed by atoms with E-state index in [2.05, 4.69) is 22.2 Å². The van der Waals surface area contributed by atoms with E-state index in [1.807, 2.05) is 0 Å². The molecule has 0 radical (unpaired) electrons. The second kappa shape index (κ2) is 6.59. The molecule has 7 heteroatoms. The SMILES string of the molecule is CC[C@H]1CC[C@@H](n2c(=O)[nH]c3ncc(NC(C)=O)cc3c2=O)CC1. The van der Waals surface area contributed by atoms with Gasteiger partial charge in [-0.15, -0.1) is 0 Å². The average molecular weight is 330 g/mol. The molecule has 2 aromatic heterocycles. The van der Waals surface area contributed by atoms with Crippen molar-refractivity contribution >= 4 is 22.6 Å². The van der Waals surface area contributed by atoms with Gasteiger partial charge in [0.05, 0.1) is 17.3 Å². The Kier molecular flexibility index (Phi) is 4.51. The second-order valence-corrected chi connectivity index (χ2v) is 6.49. The number of nitrogens with zero attached hydrogens (tertiary/aromatic N) is 2. The highest BCUT2D eigenvalue weighted by molar-refractivity contribution is 5.90. The minimum Gasteiger partial charge on any atom is -0.325 e. The van der Waals surface area contributed by atoms with Crippen LogP contribution in [0.25, 0.3) is 11.0 Å². The third kappa shape index (κ3) is 3.11. The molecule has 24 heavy (non-hydrogen) atoms. The number of carbonyl (C=O) groups is 1. The van der Waals surface area contributed by atoms with Crippen LogP contribution >= 0.6 is 0 Å². The van der Waals surface area contributed by atoms with Crippen molar-refractivity contribution in [3.05, 3.63) is 33.1 Å². The zero-order valence-electron chi connectivity index (χ0n) is 14.0. The standard InChI is InChI=1S/C17H22N4O3/c1-3-11-4-6-13(7-5-11)21-16(23)14-8-12(19-10(2)22)9-18-15(14)20-17(21)24/h8-9,11,13H,3-7H2,1-2H3,(H,19,22)(H,18,20,24)/t11-,13+. The van der Waals surface area contributed by atoms with Crippen LogP contribution in [-0.2, 0) is 4.79 Å². The molecule has 1 fully saturated rings. The van der Waals surface area contributed by atoms with E-state index in [9.17, 15) is 14.4 Å². The second-order valence-electron chi connectivity index (χ2n) is 6.49. The van der Waals surface area contributed by atoms with Crippen molar-refractivity contribution in [3.8, 4) is 0 Å². The van der Waals surface area contributed by atoms with Gasteiger partial charge in [0.1, 0.15) is 5.65 Å². The Morgan fingerprint density at radius 2 is 2.04 bits per heavy atom. The quantitative estimate of drug-likeness (QED) is 0.901. The molecule has 0 aliphatic heterocycles. The van der Waals surface area contributed by atoms with Gasteiger partial charge in [-0.25, -0.2) is 9.78 Å². The number of nitrogens with one attached hydrogen (secondary N) is 2. The summed E-state index contributed by atoms with van der Waals surface area (Å²) in [6, 6.07) is 1.49. The highest BCUT2D eigenvalue weighted by Gasteiger charge is 2.24. The number of anilines is 1. The molecule has 3 rings (SSSR count). The number of hydrogen-bond donors (Lipinski definition) is 2. The molecule has 1 aliphatic rings. The maximum absolute atomic E-state index is 12.8. The maximum Gasteiger partial charge on any atom is 0.330 e. The molecule has 128 valence electrons. The van der Waals surface area contributed by atoms with Crippen LogP contribution in [0.5, 0.6) is 0 Å². The van der Waals surface area contributed by atoms with Gasteiger partial charge in [0.2, 0.25) is 5.91 Å². The predicted octanol–water partition coefficient (Wildman–Crippen LogP) is 2.18. The number of aromatic nitrogens is 3. The Morgan fingerprint density at radius 1 is 1.33 bits per heavy atom. The van der Waals surface area contributed by atoms with Gasteiger partial charge in [-0.3, -0.25) is 19.1 Å². The van der Waals surface area contributed by atoms with Crippen molar-refractivity contribution in [2.24, 2.45) is 5.92 Å². The summed E-state index contributed by atoms with van der Waals surface area (Å²) in [6.45, 7) is 3.57. The lowest BCUT2D eigenvalue weighted by Crippen LogP contribution is -2.39. The number of rotatable bonds is 3. The van der Waals surface area contributed by atoms with Gasteiger partial charge in [0.15, 0.2) is 0 Å². The van der Waals surface area contributed by atoms with Crippen LogP contribution in [0.4, 0.5) is 5.69 Å². The Morgan fingerprint density at radius 3 is 2.67 bits per heavy atom. The number of amides is 1. The van der Waals surface area contributed by atoms with Crippen molar-refractivity contribution in [3.63, 3.8) is 0 Å². The van der Waals surface area contributed by atoms with E-state index in [4.69, 9.17) is 0 Å². The minimum absolute atomic E-state index is 0.0714. The fourth-order valence-corrected chi connectivity index (χ4v) is 3.53. The molecule has 0 spiro atoms. The third-order valence-corrected chi connectivity index (χ3v) is 4.86. The molecule has 2 aromatic rings. The lowest BCUT2D eigenvalue weighted by molar-refractivity contribution is -0.114. The largest absolute Gasteiger partial charge is 0.330 e. The summed E-state index contributed by atoms with van der Waals surface area (Å²) in [5.41, 5.74) is -0.0568. The van der Waals surface area contributed by atoms with Crippen LogP contribution < -0.4 is 16.6 Å². The molecule has 0 aromatic carbocycles. The van der Waals surface area contributed by atoms with E-state index in [1.54, 1.807) is 6.07 Å². The number of aromatic amines is 1. The first-order valence-corrected chi connectivity index (χ1v) is 8.41. The molecule has 0 atom stereocenters. The van der Waals surface area contributed by atoms with Crippen molar-refractivity contribution in [1.29, 1.82) is 0 Å². The monoisotopic (exact) mass is 330 g/mol. The lowest BCUT2D eigenvalue weighted by Gasteiger charge is -2.28.